The summed E-state index contributed by atoms with van der Waals surface area (Å²) in [7, 11) is 0. The summed E-state index contributed by atoms with van der Waals surface area (Å²) in [5, 5.41) is 5.36. The third kappa shape index (κ3) is 4.34. The molecule has 0 heterocycles. The Hall–Kier alpha value is -1.71. The second-order valence-corrected chi connectivity index (χ2v) is 4.29. The number of carbonyl (C=O) groups excluding carboxylic acids is 1. The van der Waals surface area contributed by atoms with E-state index in [1.54, 1.807) is 0 Å². The molecular weight excluding hydrogens is 216 g/mol. The summed E-state index contributed by atoms with van der Waals surface area (Å²) >= 11 is 0. The number of urea groups is 1. The van der Waals surface area contributed by atoms with Gasteiger partial charge in [0.25, 0.3) is 0 Å². The van der Waals surface area contributed by atoms with Crippen molar-refractivity contribution >= 4 is 6.03 Å². The van der Waals surface area contributed by atoms with Crippen LogP contribution in [0, 0.1) is 13.8 Å². The largest absolute Gasteiger partial charge is 0.473 e. The zero-order valence-electron chi connectivity index (χ0n) is 10.8. The highest BCUT2D eigenvalue weighted by Gasteiger charge is 2.04. The summed E-state index contributed by atoms with van der Waals surface area (Å²) in [6, 6.07) is 5.76. The van der Waals surface area contributed by atoms with Crippen molar-refractivity contribution in [2.45, 2.75) is 33.7 Å². The van der Waals surface area contributed by atoms with Gasteiger partial charge in [0, 0.05) is 6.04 Å². The molecule has 0 unspecified atom stereocenters. The van der Waals surface area contributed by atoms with Crippen molar-refractivity contribution in [3.05, 3.63) is 29.3 Å². The van der Waals surface area contributed by atoms with Gasteiger partial charge in [0.15, 0.2) is 6.73 Å². The number of ether oxygens (including phenoxy) is 1. The van der Waals surface area contributed by atoms with Crippen molar-refractivity contribution in [1.29, 1.82) is 0 Å². The van der Waals surface area contributed by atoms with Gasteiger partial charge in [-0.05, 0) is 44.9 Å². The van der Waals surface area contributed by atoms with Gasteiger partial charge in [-0.15, -0.1) is 0 Å². The van der Waals surface area contributed by atoms with E-state index in [1.807, 2.05) is 45.9 Å². The second kappa shape index (κ2) is 6.13. The van der Waals surface area contributed by atoms with Crippen molar-refractivity contribution in [3.8, 4) is 5.75 Å². The Kier molecular flexibility index (Phi) is 4.82. The lowest BCUT2D eigenvalue weighted by atomic mass is 10.1. The fraction of sp³-hybridized carbons (Fsp3) is 0.462. The fourth-order valence-electron chi connectivity index (χ4n) is 1.37. The van der Waals surface area contributed by atoms with Gasteiger partial charge in [0.05, 0.1) is 0 Å². The minimum Gasteiger partial charge on any atom is -0.473 e. The van der Waals surface area contributed by atoms with Gasteiger partial charge in [-0.1, -0.05) is 12.1 Å². The van der Waals surface area contributed by atoms with E-state index in [-0.39, 0.29) is 18.8 Å². The number of aryl methyl sites for hydroxylation is 1. The van der Waals surface area contributed by atoms with E-state index in [0.29, 0.717) is 0 Å². The normalized spacial score (nSPS) is 10.2. The summed E-state index contributed by atoms with van der Waals surface area (Å²) in [5.74, 6) is 0.801. The molecule has 4 heteroatoms. The highest BCUT2D eigenvalue weighted by molar-refractivity contribution is 5.73. The van der Waals surface area contributed by atoms with E-state index in [9.17, 15) is 4.79 Å². The van der Waals surface area contributed by atoms with Crippen LogP contribution in [0.2, 0.25) is 0 Å². The van der Waals surface area contributed by atoms with Gasteiger partial charge in [0.1, 0.15) is 5.75 Å². The van der Waals surface area contributed by atoms with Gasteiger partial charge >= 0.3 is 6.03 Å². The molecule has 17 heavy (non-hydrogen) atoms. The first kappa shape index (κ1) is 13.4. The number of nitrogens with one attached hydrogen (secondary N) is 2. The second-order valence-electron chi connectivity index (χ2n) is 4.29. The average molecular weight is 236 g/mol. The maximum absolute atomic E-state index is 11.3. The van der Waals surface area contributed by atoms with Crippen molar-refractivity contribution in [2.75, 3.05) is 6.73 Å². The molecule has 0 aliphatic carbocycles. The number of amides is 2. The molecule has 94 valence electrons. The number of hydrogen-bond donors (Lipinski definition) is 2. The Morgan fingerprint density at radius 2 is 2.06 bits per heavy atom. The number of hydrogen-bond acceptors (Lipinski definition) is 2. The van der Waals surface area contributed by atoms with E-state index in [0.717, 1.165) is 11.3 Å². The molecule has 4 nitrogen and oxygen atoms in total. The molecule has 0 bridgehead atoms. The zero-order valence-corrected chi connectivity index (χ0v) is 10.8. The molecule has 0 saturated heterocycles. The molecule has 0 aliphatic rings. The Morgan fingerprint density at radius 3 is 2.71 bits per heavy atom. The van der Waals surface area contributed by atoms with Gasteiger partial charge in [-0.25, -0.2) is 4.79 Å². The van der Waals surface area contributed by atoms with Gasteiger partial charge < -0.3 is 15.4 Å². The SMILES string of the molecule is Cc1cccc(OCNC(=O)NC(C)C)c1C. The van der Waals surface area contributed by atoms with E-state index in [4.69, 9.17) is 4.74 Å². The maximum Gasteiger partial charge on any atom is 0.317 e. The van der Waals surface area contributed by atoms with Crippen LogP contribution in [-0.2, 0) is 0 Å². The quantitative estimate of drug-likeness (QED) is 0.788. The van der Waals surface area contributed by atoms with E-state index < -0.39 is 0 Å². The maximum atomic E-state index is 11.3. The van der Waals surface area contributed by atoms with Crippen LogP contribution in [0.15, 0.2) is 18.2 Å². The molecule has 2 N–H and O–H groups in total. The molecule has 2 amide bonds. The summed E-state index contributed by atoms with van der Waals surface area (Å²) in [6.07, 6.45) is 0. The predicted molar refractivity (Wildman–Crippen MR) is 68.2 cm³/mol. The molecule has 0 spiro atoms. The van der Waals surface area contributed by atoms with Crippen molar-refractivity contribution in [1.82, 2.24) is 10.6 Å². The third-order valence-corrected chi connectivity index (χ3v) is 2.44. The van der Waals surface area contributed by atoms with Crippen LogP contribution in [0.4, 0.5) is 4.79 Å². The Morgan fingerprint density at radius 1 is 1.35 bits per heavy atom. The van der Waals surface area contributed by atoms with Crippen LogP contribution in [-0.4, -0.2) is 18.8 Å². The van der Waals surface area contributed by atoms with Crippen LogP contribution in [0.1, 0.15) is 25.0 Å². The molecule has 1 aromatic rings. The molecule has 0 radical (unpaired) electrons. The summed E-state index contributed by atoms with van der Waals surface area (Å²) in [5.41, 5.74) is 2.27. The third-order valence-electron chi connectivity index (χ3n) is 2.44. The summed E-state index contributed by atoms with van der Waals surface area (Å²) < 4.78 is 5.50. The lowest BCUT2D eigenvalue weighted by Crippen LogP contribution is -2.41. The molecule has 0 atom stereocenters. The van der Waals surface area contributed by atoms with Crippen LogP contribution in [0.3, 0.4) is 0 Å². The smallest absolute Gasteiger partial charge is 0.317 e. The van der Waals surface area contributed by atoms with Crippen molar-refractivity contribution in [2.24, 2.45) is 0 Å². The Bertz CT molecular complexity index is 389. The monoisotopic (exact) mass is 236 g/mol. The minimum absolute atomic E-state index is 0.121. The molecule has 1 rings (SSSR count). The highest BCUT2D eigenvalue weighted by atomic mass is 16.5. The lowest BCUT2D eigenvalue weighted by Gasteiger charge is -2.13. The summed E-state index contributed by atoms with van der Waals surface area (Å²) in [6.45, 7) is 8.01. The molecule has 0 aromatic heterocycles. The minimum atomic E-state index is -0.217. The Balaban J connectivity index is 2.41. The van der Waals surface area contributed by atoms with E-state index in [1.165, 1.54) is 5.56 Å². The molecule has 0 fully saturated rings. The van der Waals surface area contributed by atoms with Crippen LogP contribution >= 0.6 is 0 Å². The number of rotatable bonds is 4. The predicted octanol–water partition coefficient (Wildman–Crippen LogP) is 2.35. The van der Waals surface area contributed by atoms with Crippen molar-refractivity contribution < 1.29 is 9.53 Å². The number of benzene rings is 1. The lowest BCUT2D eigenvalue weighted by molar-refractivity contribution is 0.221. The van der Waals surface area contributed by atoms with Crippen LogP contribution < -0.4 is 15.4 Å². The van der Waals surface area contributed by atoms with Crippen molar-refractivity contribution in [3.63, 3.8) is 0 Å². The van der Waals surface area contributed by atoms with Crippen LogP contribution in [0.25, 0.3) is 0 Å². The first-order valence-corrected chi connectivity index (χ1v) is 5.74. The topological polar surface area (TPSA) is 50.4 Å². The van der Waals surface area contributed by atoms with E-state index in [2.05, 4.69) is 10.6 Å². The average Bonchev–Trinajstić information content (AvgIpc) is 2.23. The van der Waals surface area contributed by atoms with Gasteiger partial charge in [-0.3, -0.25) is 0 Å². The summed E-state index contributed by atoms with van der Waals surface area (Å²) in [4.78, 5) is 11.3. The standard InChI is InChI=1S/C13H20N2O2/c1-9(2)15-13(16)14-8-17-12-7-5-6-10(3)11(12)4/h5-7,9H,8H2,1-4H3,(H2,14,15,16). The van der Waals surface area contributed by atoms with Gasteiger partial charge in [0.2, 0.25) is 0 Å². The molecular formula is C13H20N2O2. The molecule has 0 saturated carbocycles. The van der Waals surface area contributed by atoms with Crippen LogP contribution in [0.5, 0.6) is 5.75 Å². The fourth-order valence-corrected chi connectivity index (χ4v) is 1.37. The highest BCUT2D eigenvalue weighted by Crippen LogP contribution is 2.19. The zero-order chi connectivity index (χ0) is 12.8. The Labute approximate surface area is 102 Å². The van der Waals surface area contributed by atoms with Gasteiger partial charge in [-0.2, -0.15) is 0 Å². The van der Waals surface area contributed by atoms with E-state index >= 15 is 0 Å². The first-order chi connectivity index (χ1) is 8.00. The molecule has 1 aromatic carbocycles. The number of carbonyl (C=O) groups is 1. The molecule has 0 aliphatic heterocycles. The first-order valence-electron chi connectivity index (χ1n) is 5.74.